The number of hydrogen-bond donors (Lipinski definition) is 2. The first-order valence-corrected chi connectivity index (χ1v) is 13.9. The van der Waals surface area contributed by atoms with Gasteiger partial charge in [0.05, 0.1) is 6.54 Å². The highest BCUT2D eigenvalue weighted by Crippen LogP contribution is 2.43. The summed E-state index contributed by atoms with van der Waals surface area (Å²) in [6, 6.07) is 18.7. The van der Waals surface area contributed by atoms with E-state index in [1.807, 2.05) is 73.7 Å². The standard InChI is InChI=1S/C32H38N4O4/c1-2-3-20-36(22-29(37)34-24-32(17-11-18-32)26-14-8-5-9-15-26)30(38)28(21-27-16-10-19-33-27)35-31(39)40-23-25-12-6-4-7-13-25/h2-9,12-16,19,28H,10-11,17-18,20-24H2,1H3,(H,34,37)(H,35,39)/b3-2+/t28-/m0/s1. The molecule has 0 bridgehead atoms. The van der Waals surface area contributed by atoms with E-state index in [0.29, 0.717) is 18.7 Å². The molecule has 0 unspecified atom stereocenters. The molecule has 0 spiro atoms. The van der Waals surface area contributed by atoms with Gasteiger partial charge in [-0.05, 0) is 30.9 Å². The Labute approximate surface area is 236 Å². The molecule has 8 heteroatoms. The second kappa shape index (κ2) is 14.3. The van der Waals surface area contributed by atoms with Crippen LogP contribution in [0.3, 0.4) is 0 Å². The van der Waals surface area contributed by atoms with Crippen LogP contribution in [0.15, 0.2) is 89.6 Å². The molecule has 1 heterocycles. The Morgan fingerprint density at radius 3 is 2.42 bits per heavy atom. The molecule has 1 aliphatic carbocycles. The maximum Gasteiger partial charge on any atom is 0.408 e. The van der Waals surface area contributed by atoms with Crippen LogP contribution in [0.4, 0.5) is 4.79 Å². The Hall–Kier alpha value is -4.20. The summed E-state index contributed by atoms with van der Waals surface area (Å²) < 4.78 is 5.38. The lowest BCUT2D eigenvalue weighted by Crippen LogP contribution is -2.52. The van der Waals surface area contributed by atoms with Crippen LogP contribution >= 0.6 is 0 Å². The van der Waals surface area contributed by atoms with Crippen molar-refractivity contribution in [2.24, 2.45) is 4.99 Å². The number of amides is 3. The number of rotatable bonds is 13. The predicted octanol–water partition coefficient (Wildman–Crippen LogP) is 4.67. The lowest BCUT2D eigenvalue weighted by Gasteiger charge is -2.42. The quantitative estimate of drug-likeness (QED) is 0.359. The van der Waals surface area contributed by atoms with Crippen LogP contribution in [-0.2, 0) is 26.3 Å². The highest BCUT2D eigenvalue weighted by molar-refractivity contribution is 5.90. The lowest BCUT2D eigenvalue weighted by molar-refractivity contribution is -0.137. The molecular formula is C32H38N4O4. The Morgan fingerprint density at radius 2 is 1.80 bits per heavy atom. The molecule has 40 heavy (non-hydrogen) atoms. The summed E-state index contributed by atoms with van der Waals surface area (Å²) in [5.41, 5.74) is 2.72. The number of ether oxygens (including phenoxy) is 1. The monoisotopic (exact) mass is 542 g/mol. The Kier molecular flexibility index (Phi) is 10.3. The van der Waals surface area contributed by atoms with Crippen molar-refractivity contribution in [3.8, 4) is 0 Å². The topological polar surface area (TPSA) is 100 Å². The Bertz CT molecular complexity index is 1240. The molecule has 0 saturated heterocycles. The van der Waals surface area contributed by atoms with Gasteiger partial charge in [0.15, 0.2) is 0 Å². The fourth-order valence-electron chi connectivity index (χ4n) is 5.01. The average molecular weight is 543 g/mol. The van der Waals surface area contributed by atoms with Crippen LogP contribution in [-0.4, -0.2) is 54.7 Å². The number of allylic oxidation sites excluding steroid dienone is 2. The van der Waals surface area contributed by atoms with Crippen LogP contribution in [0.2, 0.25) is 0 Å². The first kappa shape index (κ1) is 28.8. The molecule has 0 radical (unpaired) electrons. The van der Waals surface area contributed by atoms with Crippen molar-refractivity contribution in [3.63, 3.8) is 0 Å². The molecule has 3 amide bonds. The predicted molar refractivity (Wildman–Crippen MR) is 156 cm³/mol. The minimum atomic E-state index is -0.926. The summed E-state index contributed by atoms with van der Waals surface area (Å²) in [7, 11) is 0. The molecule has 2 N–H and O–H groups in total. The van der Waals surface area contributed by atoms with Crippen molar-refractivity contribution in [3.05, 3.63) is 95.7 Å². The summed E-state index contributed by atoms with van der Waals surface area (Å²) in [5.74, 6) is -0.599. The molecule has 2 aromatic carbocycles. The number of aliphatic imine (C=N–C) groups is 1. The first-order valence-electron chi connectivity index (χ1n) is 13.9. The van der Waals surface area contributed by atoms with Crippen LogP contribution in [0.1, 0.15) is 50.2 Å². The minimum Gasteiger partial charge on any atom is -0.445 e. The zero-order chi connectivity index (χ0) is 28.2. The van der Waals surface area contributed by atoms with Crippen LogP contribution in [0.25, 0.3) is 0 Å². The Balaban J connectivity index is 1.40. The highest BCUT2D eigenvalue weighted by Gasteiger charge is 2.39. The number of nitrogens with one attached hydrogen (secondary N) is 2. The van der Waals surface area contributed by atoms with Gasteiger partial charge in [0.25, 0.3) is 0 Å². The van der Waals surface area contributed by atoms with Crippen LogP contribution in [0.5, 0.6) is 0 Å². The van der Waals surface area contributed by atoms with Gasteiger partial charge in [0.1, 0.15) is 12.6 Å². The first-order chi connectivity index (χ1) is 19.5. The van der Waals surface area contributed by atoms with Gasteiger partial charge in [0, 0.05) is 43.3 Å². The van der Waals surface area contributed by atoms with Gasteiger partial charge >= 0.3 is 6.09 Å². The van der Waals surface area contributed by atoms with Crippen molar-refractivity contribution in [2.45, 2.75) is 57.1 Å². The molecule has 4 rings (SSSR count). The molecule has 2 aromatic rings. The fraction of sp³-hybridized carbons (Fsp3) is 0.375. The van der Waals surface area contributed by atoms with Crippen molar-refractivity contribution >= 4 is 24.1 Å². The van der Waals surface area contributed by atoms with E-state index in [4.69, 9.17) is 4.74 Å². The molecule has 1 saturated carbocycles. The van der Waals surface area contributed by atoms with E-state index >= 15 is 0 Å². The van der Waals surface area contributed by atoms with E-state index in [1.54, 1.807) is 6.21 Å². The third-order valence-electron chi connectivity index (χ3n) is 7.46. The van der Waals surface area contributed by atoms with Crippen LogP contribution in [0, 0.1) is 0 Å². The highest BCUT2D eigenvalue weighted by atomic mass is 16.5. The number of hydrogen-bond acceptors (Lipinski definition) is 5. The summed E-state index contributed by atoms with van der Waals surface area (Å²) >= 11 is 0. The van der Waals surface area contributed by atoms with E-state index in [0.717, 1.165) is 24.8 Å². The number of carbonyl (C=O) groups is 3. The molecule has 1 atom stereocenters. The van der Waals surface area contributed by atoms with Gasteiger partial charge in [-0.2, -0.15) is 0 Å². The molecule has 0 aromatic heterocycles. The van der Waals surface area contributed by atoms with Gasteiger partial charge in [-0.25, -0.2) is 4.79 Å². The van der Waals surface area contributed by atoms with Crippen molar-refractivity contribution in [1.82, 2.24) is 15.5 Å². The largest absolute Gasteiger partial charge is 0.445 e. The van der Waals surface area contributed by atoms with Crippen molar-refractivity contribution in [1.29, 1.82) is 0 Å². The number of nitrogens with zero attached hydrogens (tertiary/aromatic N) is 2. The van der Waals surface area contributed by atoms with Crippen LogP contribution < -0.4 is 10.6 Å². The SMILES string of the molecule is C/C=C/CN(CC(=O)NCC1(c2ccccc2)CCC1)C(=O)[C@H](CC1=CCC=N1)NC(=O)OCc1ccccc1. The summed E-state index contributed by atoms with van der Waals surface area (Å²) in [6.45, 7) is 2.59. The van der Waals surface area contributed by atoms with E-state index in [2.05, 4.69) is 27.8 Å². The third kappa shape index (κ3) is 7.91. The van der Waals surface area contributed by atoms with Gasteiger partial charge in [-0.15, -0.1) is 0 Å². The van der Waals surface area contributed by atoms with Crippen molar-refractivity contribution < 1.29 is 19.1 Å². The second-order valence-electron chi connectivity index (χ2n) is 10.3. The minimum absolute atomic E-state index is 0.0609. The fourth-order valence-corrected chi connectivity index (χ4v) is 5.01. The molecule has 210 valence electrons. The van der Waals surface area contributed by atoms with E-state index < -0.39 is 12.1 Å². The maximum atomic E-state index is 13.7. The smallest absolute Gasteiger partial charge is 0.408 e. The molecular weight excluding hydrogens is 504 g/mol. The molecule has 1 aliphatic heterocycles. The normalized spacial score (nSPS) is 16.1. The number of benzene rings is 2. The number of alkyl carbamates (subject to hydrolysis) is 1. The molecule has 8 nitrogen and oxygen atoms in total. The molecule has 1 fully saturated rings. The second-order valence-corrected chi connectivity index (χ2v) is 10.3. The summed E-state index contributed by atoms with van der Waals surface area (Å²) in [4.78, 5) is 45.3. The summed E-state index contributed by atoms with van der Waals surface area (Å²) in [5, 5.41) is 5.79. The van der Waals surface area contributed by atoms with E-state index in [-0.39, 0.29) is 43.3 Å². The Morgan fingerprint density at radius 1 is 1.07 bits per heavy atom. The van der Waals surface area contributed by atoms with Gasteiger partial charge < -0.3 is 20.3 Å². The molecule has 2 aliphatic rings. The van der Waals surface area contributed by atoms with Gasteiger partial charge in [0.2, 0.25) is 11.8 Å². The van der Waals surface area contributed by atoms with Gasteiger partial charge in [-0.3, -0.25) is 14.6 Å². The lowest BCUT2D eigenvalue weighted by atomic mass is 9.64. The maximum absolute atomic E-state index is 13.7. The zero-order valence-corrected chi connectivity index (χ0v) is 23.1. The number of carbonyl (C=O) groups excluding carboxylic acids is 3. The van der Waals surface area contributed by atoms with E-state index in [9.17, 15) is 14.4 Å². The zero-order valence-electron chi connectivity index (χ0n) is 23.1. The van der Waals surface area contributed by atoms with Gasteiger partial charge in [-0.1, -0.05) is 85.3 Å². The van der Waals surface area contributed by atoms with Crippen molar-refractivity contribution in [2.75, 3.05) is 19.6 Å². The summed E-state index contributed by atoms with van der Waals surface area (Å²) in [6.07, 6.45) is 10.7. The van der Waals surface area contributed by atoms with E-state index in [1.165, 1.54) is 10.5 Å². The average Bonchev–Trinajstić information content (AvgIpc) is 3.47. The third-order valence-corrected chi connectivity index (χ3v) is 7.46.